The van der Waals surface area contributed by atoms with Crippen molar-refractivity contribution in [1.29, 1.82) is 0 Å². The molecule has 132 valence electrons. The van der Waals surface area contributed by atoms with E-state index in [2.05, 4.69) is 10.3 Å². The van der Waals surface area contributed by atoms with E-state index in [0.29, 0.717) is 18.6 Å². The van der Waals surface area contributed by atoms with Crippen LogP contribution >= 0.6 is 11.3 Å². The molecule has 0 aliphatic carbocycles. The summed E-state index contributed by atoms with van der Waals surface area (Å²) in [6, 6.07) is 15.0. The lowest BCUT2D eigenvalue weighted by atomic mass is 10.0. The number of rotatable bonds is 7. The summed E-state index contributed by atoms with van der Waals surface area (Å²) in [5, 5.41) is 4.03. The summed E-state index contributed by atoms with van der Waals surface area (Å²) in [6.45, 7) is 4.55. The van der Waals surface area contributed by atoms with Gasteiger partial charge in [-0.2, -0.15) is 0 Å². The van der Waals surface area contributed by atoms with Crippen LogP contribution in [0.5, 0.6) is 5.75 Å². The quantitative estimate of drug-likeness (QED) is 0.592. The molecule has 0 aliphatic heterocycles. The highest BCUT2D eigenvalue weighted by atomic mass is 79.9. The molecule has 0 amide bonds. The third-order valence-electron chi connectivity index (χ3n) is 3.76. The minimum absolute atomic E-state index is 0. The van der Waals surface area contributed by atoms with Crippen LogP contribution in [0.25, 0.3) is 10.2 Å². The monoisotopic (exact) mass is 419 g/mol. The van der Waals surface area contributed by atoms with E-state index in [1.807, 2.05) is 62.4 Å². The number of hydrogen-bond donors (Lipinski definition) is 1. The highest BCUT2D eigenvalue weighted by Gasteiger charge is 2.20. The number of fused-ring (bicyclic) bond motifs is 1. The summed E-state index contributed by atoms with van der Waals surface area (Å²) in [7, 11) is 0. The molecular formula is C19H20BrN2O2S-. The van der Waals surface area contributed by atoms with Crippen LogP contribution in [0.1, 0.15) is 30.6 Å². The Morgan fingerprint density at radius 3 is 2.60 bits per heavy atom. The average Bonchev–Trinajstić information content (AvgIpc) is 3.04. The molecule has 25 heavy (non-hydrogen) atoms. The zero-order chi connectivity index (χ0) is 16.9. The van der Waals surface area contributed by atoms with E-state index in [9.17, 15) is 4.79 Å². The van der Waals surface area contributed by atoms with E-state index in [4.69, 9.17) is 4.74 Å². The van der Waals surface area contributed by atoms with Gasteiger partial charge in [-0.25, -0.2) is 4.98 Å². The lowest BCUT2D eigenvalue weighted by Gasteiger charge is -2.14. The molecule has 0 fully saturated rings. The number of carbonyl (C=O) groups excluding carboxylic acids is 1. The van der Waals surface area contributed by atoms with Crippen molar-refractivity contribution in [3.8, 4) is 5.75 Å². The Bertz CT molecular complexity index is 836. The van der Waals surface area contributed by atoms with E-state index in [0.717, 1.165) is 21.1 Å². The highest BCUT2D eigenvalue weighted by molar-refractivity contribution is 7.22. The van der Waals surface area contributed by atoms with Gasteiger partial charge in [0.25, 0.3) is 0 Å². The summed E-state index contributed by atoms with van der Waals surface area (Å²) < 4.78 is 6.68. The summed E-state index contributed by atoms with van der Waals surface area (Å²) in [5.74, 6) is 0.865. The van der Waals surface area contributed by atoms with Crippen molar-refractivity contribution in [2.75, 3.05) is 11.9 Å². The number of carbonyl (C=O) groups is 1. The highest BCUT2D eigenvalue weighted by Crippen LogP contribution is 2.32. The first kappa shape index (κ1) is 19.4. The molecule has 6 heteroatoms. The first-order valence-electron chi connectivity index (χ1n) is 8.11. The van der Waals surface area contributed by atoms with Crippen molar-refractivity contribution in [3.63, 3.8) is 0 Å². The van der Waals surface area contributed by atoms with Crippen molar-refractivity contribution in [2.45, 2.75) is 26.3 Å². The largest absolute Gasteiger partial charge is 1.00 e. The van der Waals surface area contributed by atoms with Gasteiger partial charge in [0.2, 0.25) is 0 Å². The molecule has 3 aromatic rings. The lowest BCUT2D eigenvalue weighted by Crippen LogP contribution is -3.00. The van der Waals surface area contributed by atoms with E-state index >= 15 is 0 Å². The number of Topliss-reactive ketones (excluding diaryl/α,β-unsaturated/α-hetero) is 1. The SMILES string of the molecule is CCOc1cccc2sc(NC(CC)C(=O)c3ccccc3)nc12.[Br-]. The Kier molecular flexibility index (Phi) is 6.96. The van der Waals surface area contributed by atoms with Gasteiger partial charge in [-0.1, -0.05) is 54.7 Å². The molecule has 0 saturated heterocycles. The molecule has 0 aliphatic rings. The number of nitrogens with one attached hydrogen (secondary N) is 1. The number of halogens is 1. The average molecular weight is 420 g/mol. The van der Waals surface area contributed by atoms with Crippen LogP contribution in [0.4, 0.5) is 5.13 Å². The Hall–Kier alpha value is -1.92. The predicted octanol–water partition coefficient (Wildman–Crippen LogP) is 1.77. The topological polar surface area (TPSA) is 51.2 Å². The van der Waals surface area contributed by atoms with Crippen molar-refractivity contribution < 1.29 is 26.5 Å². The first-order valence-corrected chi connectivity index (χ1v) is 8.92. The number of ether oxygens (including phenoxy) is 1. The number of thiazole rings is 1. The third kappa shape index (κ3) is 4.38. The predicted molar refractivity (Wildman–Crippen MR) is 99.3 cm³/mol. The van der Waals surface area contributed by atoms with Crippen LogP contribution in [-0.2, 0) is 0 Å². The van der Waals surface area contributed by atoms with Crippen LogP contribution in [-0.4, -0.2) is 23.4 Å². The van der Waals surface area contributed by atoms with Gasteiger partial charge in [0.1, 0.15) is 11.3 Å². The van der Waals surface area contributed by atoms with Gasteiger partial charge in [0, 0.05) is 5.56 Å². The smallest absolute Gasteiger partial charge is 0.185 e. The molecule has 0 radical (unpaired) electrons. The van der Waals surface area contributed by atoms with Gasteiger partial charge in [0.15, 0.2) is 10.9 Å². The molecule has 4 nitrogen and oxygen atoms in total. The number of aromatic nitrogens is 1. The number of benzene rings is 2. The van der Waals surface area contributed by atoms with E-state index < -0.39 is 0 Å². The zero-order valence-electron chi connectivity index (χ0n) is 14.2. The van der Waals surface area contributed by atoms with Crippen LogP contribution in [0.2, 0.25) is 0 Å². The number of nitrogens with zero attached hydrogens (tertiary/aromatic N) is 1. The maximum Gasteiger partial charge on any atom is 0.185 e. The Morgan fingerprint density at radius 1 is 1.16 bits per heavy atom. The molecule has 0 saturated carbocycles. The first-order chi connectivity index (χ1) is 11.7. The molecule has 2 aromatic carbocycles. The van der Waals surface area contributed by atoms with E-state index in [-0.39, 0.29) is 28.8 Å². The van der Waals surface area contributed by atoms with Crippen molar-refractivity contribution in [2.24, 2.45) is 0 Å². The second kappa shape index (κ2) is 8.97. The fraction of sp³-hybridized carbons (Fsp3) is 0.263. The van der Waals surface area contributed by atoms with E-state index in [1.165, 1.54) is 11.3 Å². The Labute approximate surface area is 162 Å². The van der Waals surface area contributed by atoms with Gasteiger partial charge >= 0.3 is 0 Å². The number of para-hydroxylation sites is 1. The van der Waals surface area contributed by atoms with Gasteiger partial charge in [0.05, 0.1) is 17.3 Å². The molecule has 1 N–H and O–H groups in total. The van der Waals surface area contributed by atoms with Crippen molar-refractivity contribution >= 4 is 32.5 Å². The van der Waals surface area contributed by atoms with Crippen LogP contribution in [0.15, 0.2) is 48.5 Å². The van der Waals surface area contributed by atoms with E-state index in [1.54, 1.807) is 0 Å². The molecule has 3 rings (SSSR count). The van der Waals surface area contributed by atoms with Gasteiger partial charge in [-0.05, 0) is 25.5 Å². The van der Waals surface area contributed by atoms with Crippen LogP contribution < -0.4 is 27.0 Å². The second-order valence-electron chi connectivity index (χ2n) is 5.39. The zero-order valence-corrected chi connectivity index (χ0v) is 16.6. The van der Waals surface area contributed by atoms with Crippen molar-refractivity contribution in [1.82, 2.24) is 4.98 Å². The fourth-order valence-electron chi connectivity index (χ4n) is 2.56. The number of anilines is 1. The molecular weight excluding hydrogens is 400 g/mol. The molecule has 0 bridgehead atoms. The van der Waals surface area contributed by atoms with Crippen LogP contribution in [0.3, 0.4) is 0 Å². The Morgan fingerprint density at radius 2 is 1.92 bits per heavy atom. The summed E-state index contributed by atoms with van der Waals surface area (Å²) in [4.78, 5) is 17.3. The second-order valence-corrected chi connectivity index (χ2v) is 6.42. The lowest BCUT2D eigenvalue weighted by molar-refractivity contribution is -0.0000130. The van der Waals surface area contributed by atoms with Crippen LogP contribution in [0, 0.1) is 0 Å². The minimum Gasteiger partial charge on any atom is -1.00 e. The van der Waals surface area contributed by atoms with Gasteiger partial charge < -0.3 is 27.0 Å². The minimum atomic E-state index is -0.288. The number of ketones is 1. The normalized spacial score (nSPS) is 11.6. The summed E-state index contributed by atoms with van der Waals surface area (Å²) in [6.07, 6.45) is 0.696. The number of hydrogen-bond acceptors (Lipinski definition) is 5. The van der Waals surface area contributed by atoms with Gasteiger partial charge in [-0.15, -0.1) is 0 Å². The summed E-state index contributed by atoms with van der Waals surface area (Å²) >= 11 is 1.54. The molecule has 0 spiro atoms. The molecule has 1 heterocycles. The standard InChI is InChI=1S/C19H20N2O2S.BrH/c1-3-14(18(22)13-9-6-5-7-10-13)20-19-21-17-15(23-4-2)11-8-12-16(17)24-19;/h5-12,14H,3-4H2,1-2H3,(H,20,21);1H/p-1. The molecule has 1 unspecified atom stereocenters. The summed E-state index contributed by atoms with van der Waals surface area (Å²) in [5.41, 5.74) is 1.56. The third-order valence-corrected chi connectivity index (χ3v) is 4.71. The Balaban J connectivity index is 0.00000225. The van der Waals surface area contributed by atoms with Crippen molar-refractivity contribution in [3.05, 3.63) is 54.1 Å². The van der Waals surface area contributed by atoms with Gasteiger partial charge in [-0.3, -0.25) is 4.79 Å². The maximum absolute atomic E-state index is 12.7. The fourth-order valence-corrected chi connectivity index (χ4v) is 3.50. The maximum atomic E-state index is 12.7. The molecule has 1 atom stereocenters. The molecule has 1 aromatic heterocycles.